The van der Waals surface area contributed by atoms with Gasteiger partial charge in [-0.3, -0.25) is 5.32 Å². The smallest absolute Gasteiger partial charge is 0.411 e. The number of phenolic OH excluding ortho intramolecular Hbond substituents is 1. The number of ether oxygens (including phenoxy) is 1. The van der Waals surface area contributed by atoms with E-state index in [2.05, 4.69) is 10.1 Å². The molecule has 0 unspecified atom stereocenters. The summed E-state index contributed by atoms with van der Waals surface area (Å²) in [5.41, 5.74) is 0.395. The maximum absolute atomic E-state index is 10.8. The minimum Gasteiger partial charge on any atom is -0.508 e. The SMILES string of the molecule is COC(=O)Nc1ccc(O)cc1Cl. The number of carbonyl (C=O) groups is 1. The highest BCUT2D eigenvalue weighted by molar-refractivity contribution is 6.33. The van der Waals surface area contributed by atoms with Gasteiger partial charge >= 0.3 is 6.09 Å². The molecule has 0 heterocycles. The van der Waals surface area contributed by atoms with E-state index in [9.17, 15) is 4.79 Å². The molecule has 70 valence electrons. The fraction of sp³-hybridized carbons (Fsp3) is 0.125. The molecule has 0 aliphatic carbocycles. The van der Waals surface area contributed by atoms with Crippen LogP contribution < -0.4 is 5.32 Å². The number of rotatable bonds is 1. The molecular weight excluding hydrogens is 194 g/mol. The Morgan fingerprint density at radius 3 is 2.85 bits per heavy atom. The molecule has 0 atom stereocenters. The topological polar surface area (TPSA) is 58.6 Å². The van der Waals surface area contributed by atoms with Gasteiger partial charge in [-0.05, 0) is 12.1 Å². The van der Waals surface area contributed by atoms with E-state index in [1.54, 1.807) is 0 Å². The Morgan fingerprint density at radius 2 is 2.31 bits per heavy atom. The Balaban J connectivity index is 2.83. The highest BCUT2D eigenvalue weighted by Crippen LogP contribution is 2.25. The quantitative estimate of drug-likeness (QED) is 0.685. The predicted molar refractivity (Wildman–Crippen MR) is 49.1 cm³/mol. The second kappa shape index (κ2) is 4.00. The van der Waals surface area contributed by atoms with Gasteiger partial charge in [0.1, 0.15) is 5.75 Å². The van der Waals surface area contributed by atoms with Crippen LogP contribution in [0.15, 0.2) is 18.2 Å². The summed E-state index contributed by atoms with van der Waals surface area (Å²) in [6.45, 7) is 0. The predicted octanol–water partition coefficient (Wildman–Crippen LogP) is 2.22. The number of aromatic hydroxyl groups is 1. The molecule has 2 N–H and O–H groups in total. The number of hydrogen-bond donors (Lipinski definition) is 2. The maximum Gasteiger partial charge on any atom is 0.411 e. The summed E-state index contributed by atoms with van der Waals surface area (Å²) in [4.78, 5) is 10.8. The van der Waals surface area contributed by atoms with E-state index in [1.165, 1.54) is 25.3 Å². The summed E-state index contributed by atoms with van der Waals surface area (Å²) in [6.07, 6.45) is -0.604. The van der Waals surface area contributed by atoms with Crippen LogP contribution in [0.1, 0.15) is 0 Å². The highest BCUT2D eigenvalue weighted by atomic mass is 35.5. The summed E-state index contributed by atoms with van der Waals surface area (Å²) >= 11 is 5.70. The van der Waals surface area contributed by atoms with E-state index in [4.69, 9.17) is 16.7 Å². The van der Waals surface area contributed by atoms with Gasteiger partial charge < -0.3 is 9.84 Å². The van der Waals surface area contributed by atoms with Crippen LogP contribution in [0.3, 0.4) is 0 Å². The van der Waals surface area contributed by atoms with Crippen LogP contribution in [-0.4, -0.2) is 18.3 Å². The number of halogens is 1. The Morgan fingerprint density at radius 1 is 1.62 bits per heavy atom. The molecule has 1 amide bonds. The van der Waals surface area contributed by atoms with Gasteiger partial charge in [-0.2, -0.15) is 0 Å². The summed E-state index contributed by atoms with van der Waals surface area (Å²) in [6, 6.07) is 4.22. The van der Waals surface area contributed by atoms with E-state index in [0.29, 0.717) is 5.69 Å². The third-order valence-corrected chi connectivity index (χ3v) is 1.69. The molecule has 0 saturated heterocycles. The first-order chi connectivity index (χ1) is 6.13. The Labute approximate surface area is 80.1 Å². The van der Waals surface area contributed by atoms with Gasteiger partial charge in [0.25, 0.3) is 0 Å². The summed E-state index contributed by atoms with van der Waals surface area (Å²) < 4.78 is 4.37. The van der Waals surface area contributed by atoms with Crippen molar-refractivity contribution in [3.8, 4) is 5.75 Å². The van der Waals surface area contributed by atoms with Crippen molar-refractivity contribution in [1.29, 1.82) is 0 Å². The fourth-order valence-electron chi connectivity index (χ4n) is 0.766. The molecule has 0 spiro atoms. The lowest BCUT2D eigenvalue weighted by Gasteiger charge is -2.05. The summed E-state index contributed by atoms with van der Waals surface area (Å²) in [5.74, 6) is 0.0421. The van der Waals surface area contributed by atoms with Gasteiger partial charge in [0.15, 0.2) is 0 Å². The fourth-order valence-corrected chi connectivity index (χ4v) is 0.988. The lowest BCUT2D eigenvalue weighted by atomic mass is 10.3. The number of nitrogens with one attached hydrogen (secondary N) is 1. The number of hydrogen-bond acceptors (Lipinski definition) is 3. The molecule has 0 aromatic heterocycles. The normalized spacial score (nSPS) is 9.38. The average molecular weight is 202 g/mol. The Kier molecular flexibility index (Phi) is 2.97. The standard InChI is InChI=1S/C8H8ClNO3/c1-13-8(12)10-7-3-2-5(11)4-6(7)9/h2-4,11H,1H3,(H,10,12). The third kappa shape index (κ3) is 2.52. The third-order valence-electron chi connectivity index (χ3n) is 1.37. The number of anilines is 1. The number of carbonyl (C=O) groups excluding carboxylic acids is 1. The minimum atomic E-state index is -0.604. The van der Waals surface area contributed by atoms with Crippen LogP contribution in [0.25, 0.3) is 0 Å². The second-order valence-electron chi connectivity index (χ2n) is 2.28. The molecule has 1 rings (SSSR count). The second-order valence-corrected chi connectivity index (χ2v) is 2.69. The van der Waals surface area contributed by atoms with Crippen molar-refractivity contribution in [2.24, 2.45) is 0 Å². The van der Waals surface area contributed by atoms with Crippen molar-refractivity contribution in [2.45, 2.75) is 0 Å². The van der Waals surface area contributed by atoms with E-state index in [1.807, 2.05) is 0 Å². The molecule has 0 fully saturated rings. The lowest BCUT2D eigenvalue weighted by Crippen LogP contribution is -2.10. The molecular formula is C8H8ClNO3. The van der Waals surface area contributed by atoms with E-state index < -0.39 is 6.09 Å². The van der Waals surface area contributed by atoms with E-state index in [0.717, 1.165) is 0 Å². The van der Waals surface area contributed by atoms with Crippen molar-refractivity contribution < 1.29 is 14.6 Å². The molecule has 0 aliphatic heterocycles. The van der Waals surface area contributed by atoms with Gasteiger partial charge in [-0.1, -0.05) is 11.6 Å². The van der Waals surface area contributed by atoms with E-state index in [-0.39, 0.29) is 10.8 Å². The van der Waals surface area contributed by atoms with Crippen LogP contribution in [-0.2, 0) is 4.74 Å². The van der Waals surface area contributed by atoms with Crippen LogP contribution >= 0.6 is 11.6 Å². The first-order valence-electron chi connectivity index (χ1n) is 3.47. The van der Waals surface area contributed by atoms with Gasteiger partial charge in [0.05, 0.1) is 17.8 Å². The first kappa shape index (κ1) is 9.67. The molecule has 0 saturated carbocycles. The molecule has 4 nitrogen and oxygen atoms in total. The molecule has 13 heavy (non-hydrogen) atoms. The monoisotopic (exact) mass is 201 g/mol. The zero-order valence-electron chi connectivity index (χ0n) is 6.87. The van der Waals surface area contributed by atoms with Gasteiger partial charge in [-0.15, -0.1) is 0 Å². The minimum absolute atomic E-state index is 0.0421. The largest absolute Gasteiger partial charge is 0.508 e. The zero-order valence-corrected chi connectivity index (χ0v) is 7.63. The Hall–Kier alpha value is -1.42. The van der Waals surface area contributed by atoms with Crippen LogP contribution in [0.2, 0.25) is 5.02 Å². The van der Waals surface area contributed by atoms with Gasteiger partial charge in [0.2, 0.25) is 0 Å². The Bertz CT molecular complexity index is 327. The molecule has 0 aliphatic rings. The zero-order chi connectivity index (χ0) is 9.84. The van der Waals surface area contributed by atoms with Gasteiger partial charge in [0, 0.05) is 6.07 Å². The van der Waals surface area contributed by atoms with Crippen molar-refractivity contribution in [3.05, 3.63) is 23.2 Å². The number of benzene rings is 1. The van der Waals surface area contributed by atoms with Crippen molar-refractivity contribution in [2.75, 3.05) is 12.4 Å². The molecule has 0 bridgehead atoms. The summed E-state index contributed by atoms with van der Waals surface area (Å²) in [7, 11) is 1.25. The highest BCUT2D eigenvalue weighted by Gasteiger charge is 2.04. The molecule has 1 aromatic rings. The summed E-state index contributed by atoms with van der Waals surface area (Å²) in [5, 5.41) is 11.6. The van der Waals surface area contributed by atoms with Crippen molar-refractivity contribution in [1.82, 2.24) is 0 Å². The first-order valence-corrected chi connectivity index (χ1v) is 3.85. The average Bonchev–Trinajstić information content (AvgIpc) is 2.09. The molecule has 1 aromatic carbocycles. The van der Waals surface area contributed by atoms with Gasteiger partial charge in [-0.25, -0.2) is 4.79 Å². The lowest BCUT2D eigenvalue weighted by molar-refractivity contribution is 0.187. The van der Waals surface area contributed by atoms with E-state index >= 15 is 0 Å². The van der Waals surface area contributed by atoms with Crippen molar-refractivity contribution in [3.63, 3.8) is 0 Å². The van der Waals surface area contributed by atoms with Crippen LogP contribution in [0.4, 0.5) is 10.5 Å². The van der Waals surface area contributed by atoms with Crippen LogP contribution in [0.5, 0.6) is 5.75 Å². The number of methoxy groups -OCH3 is 1. The molecule has 0 radical (unpaired) electrons. The maximum atomic E-state index is 10.8. The molecule has 5 heteroatoms. The van der Waals surface area contributed by atoms with Crippen molar-refractivity contribution >= 4 is 23.4 Å². The van der Waals surface area contributed by atoms with Crippen LogP contribution in [0, 0.1) is 0 Å². The number of amides is 1. The number of phenols is 1.